The molecule has 0 aliphatic heterocycles. The van der Waals surface area contributed by atoms with E-state index in [1.165, 1.54) is 48.5 Å². The van der Waals surface area contributed by atoms with Crippen molar-refractivity contribution in [2.45, 2.75) is 22.5 Å². The van der Waals surface area contributed by atoms with Gasteiger partial charge in [0.2, 0.25) is 0 Å². The number of benzene rings is 6. The lowest BCUT2D eigenvalue weighted by Crippen LogP contribution is -2.17. The minimum Gasteiger partial charge on any atom is -0.403 e. The molecule has 6 N–H and O–H groups in total. The van der Waals surface area contributed by atoms with Crippen LogP contribution >= 0.6 is 0 Å². The zero-order valence-corrected chi connectivity index (χ0v) is 29.2. The molecule has 0 bridgehead atoms. The molecule has 0 aliphatic rings. The lowest BCUT2D eigenvalue weighted by Gasteiger charge is -2.15. The van der Waals surface area contributed by atoms with Crippen LogP contribution in [0.4, 0.5) is 60.5 Å². The largest absolute Gasteiger partial charge is 0.573 e. The molecule has 0 aromatic heterocycles. The molecule has 0 amide bonds. The molecular formula is C34H22F6N6O8S2. The van der Waals surface area contributed by atoms with E-state index in [4.69, 9.17) is 11.5 Å². The number of halogens is 6. The maximum Gasteiger partial charge on any atom is 0.573 e. The Balaban J connectivity index is 1.43. The average molecular weight is 821 g/mol. The highest BCUT2D eigenvalue weighted by molar-refractivity contribution is 7.86. The van der Waals surface area contributed by atoms with E-state index in [0.717, 1.165) is 48.5 Å². The summed E-state index contributed by atoms with van der Waals surface area (Å²) in [5.74, 6) is -1.94. The first-order valence-electron chi connectivity index (χ1n) is 15.3. The van der Waals surface area contributed by atoms with E-state index in [9.17, 15) is 52.3 Å². The number of hydrogen-bond acceptors (Lipinski definition) is 12. The summed E-state index contributed by atoms with van der Waals surface area (Å²) in [5, 5.41) is 16.1. The van der Waals surface area contributed by atoms with Crippen LogP contribution < -0.4 is 20.9 Å². The van der Waals surface area contributed by atoms with Crippen LogP contribution in [0.3, 0.4) is 0 Å². The molecule has 0 radical (unpaired) electrons. The van der Waals surface area contributed by atoms with Crippen molar-refractivity contribution >= 4 is 75.9 Å². The van der Waals surface area contributed by atoms with Crippen LogP contribution in [-0.4, -0.2) is 38.7 Å². The second kappa shape index (κ2) is 14.4. The van der Waals surface area contributed by atoms with Gasteiger partial charge >= 0.3 is 12.7 Å². The van der Waals surface area contributed by atoms with Crippen molar-refractivity contribution in [3.8, 4) is 22.6 Å². The number of nitrogens with two attached hydrogens (primary N) is 2. The predicted molar refractivity (Wildman–Crippen MR) is 190 cm³/mol. The topological polar surface area (TPSA) is 229 Å². The lowest BCUT2D eigenvalue weighted by atomic mass is 10.0. The van der Waals surface area contributed by atoms with Gasteiger partial charge in [-0.2, -0.15) is 16.8 Å². The van der Waals surface area contributed by atoms with Crippen LogP contribution in [0.15, 0.2) is 127 Å². The fourth-order valence-corrected chi connectivity index (χ4v) is 6.78. The number of nitrogen functional groups attached to an aromatic ring is 2. The lowest BCUT2D eigenvalue weighted by molar-refractivity contribution is -0.275. The van der Waals surface area contributed by atoms with Crippen LogP contribution in [-0.2, 0) is 20.2 Å². The van der Waals surface area contributed by atoms with E-state index < -0.39 is 65.6 Å². The van der Waals surface area contributed by atoms with E-state index in [0.29, 0.717) is 0 Å². The third kappa shape index (κ3) is 8.62. The molecule has 56 heavy (non-hydrogen) atoms. The Labute approximate surface area is 311 Å². The van der Waals surface area contributed by atoms with E-state index in [1.807, 2.05) is 0 Å². The summed E-state index contributed by atoms with van der Waals surface area (Å²) in [6, 6.07) is 19.4. The highest BCUT2D eigenvalue weighted by Crippen LogP contribution is 2.43. The van der Waals surface area contributed by atoms with Crippen LogP contribution in [0, 0.1) is 0 Å². The summed E-state index contributed by atoms with van der Waals surface area (Å²) in [6.07, 6.45) is -10.6. The SMILES string of the molecule is Nc1c(S(=O)(=O)O)cc(/N=N/c2ccc(-c3ccc(/N=N/c4cc(S(=O)(=O)O)c(N)c5ccccc45)c(OC(F)(F)F)c3)cc2OC(F)(F)F)c2ccccc12. The number of anilines is 2. The van der Waals surface area contributed by atoms with Crippen molar-refractivity contribution in [1.29, 1.82) is 0 Å². The number of rotatable bonds is 9. The van der Waals surface area contributed by atoms with Gasteiger partial charge in [0.15, 0.2) is 11.5 Å². The van der Waals surface area contributed by atoms with Gasteiger partial charge in [-0.25, -0.2) is 0 Å². The molecule has 0 heterocycles. The molecule has 0 atom stereocenters. The third-order valence-corrected chi connectivity index (χ3v) is 9.63. The maximum atomic E-state index is 13.6. The number of ether oxygens (including phenoxy) is 2. The highest BCUT2D eigenvalue weighted by Gasteiger charge is 2.34. The Morgan fingerprint density at radius 1 is 0.482 bits per heavy atom. The Hall–Kier alpha value is -6.36. The van der Waals surface area contributed by atoms with Gasteiger partial charge in [-0.1, -0.05) is 60.7 Å². The molecule has 22 heteroatoms. The molecule has 6 aromatic rings. The quantitative estimate of drug-likeness (QED) is 0.0467. The summed E-state index contributed by atoms with van der Waals surface area (Å²) in [4.78, 5) is -1.48. The second-order valence-corrected chi connectivity index (χ2v) is 14.3. The first-order chi connectivity index (χ1) is 26.1. The van der Waals surface area contributed by atoms with Crippen molar-refractivity contribution < 1.29 is 61.8 Å². The number of nitrogens with zero attached hydrogens (tertiary/aromatic N) is 4. The predicted octanol–water partition coefficient (Wildman–Crippen LogP) is 9.95. The summed E-state index contributed by atoms with van der Waals surface area (Å²) < 4.78 is 157. The summed E-state index contributed by atoms with van der Waals surface area (Å²) in [5.41, 5.74) is 9.35. The average Bonchev–Trinajstić information content (AvgIpc) is 3.09. The van der Waals surface area contributed by atoms with Gasteiger partial charge in [0.25, 0.3) is 20.2 Å². The van der Waals surface area contributed by atoms with E-state index in [-0.39, 0.29) is 55.4 Å². The van der Waals surface area contributed by atoms with Crippen molar-refractivity contribution in [1.82, 2.24) is 0 Å². The minimum atomic E-state index is -5.30. The second-order valence-electron chi connectivity index (χ2n) is 11.5. The standard InChI is InChI=1S/C34H22F6N6O8S2/c35-33(36,37)53-27-13-17(9-11-23(27)43-45-25-15-29(55(47,48)49)31(41)21-7-3-1-5-19(21)25)18-10-12-24(28(14-18)54-34(38,39)40)44-46-26-16-30(56(50,51)52)32(42)22-8-4-2-6-20(22)26/h1-16H,41-42H2,(H,47,48,49)(H,50,51,52)/b45-43+,46-44+. The molecule has 0 fully saturated rings. The zero-order chi connectivity index (χ0) is 40.8. The number of hydrogen-bond donors (Lipinski definition) is 4. The molecule has 6 rings (SSSR count). The zero-order valence-electron chi connectivity index (χ0n) is 27.6. The Morgan fingerprint density at radius 2 is 0.804 bits per heavy atom. The molecule has 0 unspecified atom stereocenters. The van der Waals surface area contributed by atoms with Crippen LogP contribution in [0.25, 0.3) is 32.7 Å². The molecule has 0 aliphatic carbocycles. The molecule has 14 nitrogen and oxygen atoms in total. The number of fused-ring (bicyclic) bond motifs is 2. The first kappa shape index (κ1) is 39.3. The summed E-state index contributed by atoms with van der Waals surface area (Å²) in [6.45, 7) is 0. The molecule has 6 aromatic carbocycles. The monoisotopic (exact) mass is 820 g/mol. The van der Waals surface area contributed by atoms with Gasteiger partial charge in [-0.05, 0) is 47.5 Å². The Kier molecular flexibility index (Phi) is 10.1. The van der Waals surface area contributed by atoms with E-state index in [1.54, 1.807) is 0 Å². The van der Waals surface area contributed by atoms with Gasteiger partial charge in [-0.15, -0.1) is 46.8 Å². The third-order valence-electron chi connectivity index (χ3n) is 7.84. The van der Waals surface area contributed by atoms with Gasteiger partial charge in [0.1, 0.15) is 21.2 Å². The molecule has 0 saturated heterocycles. The highest BCUT2D eigenvalue weighted by atomic mass is 32.2. The fourth-order valence-electron chi connectivity index (χ4n) is 5.48. The van der Waals surface area contributed by atoms with Crippen molar-refractivity contribution in [2.24, 2.45) is 20.5 Å². The van der Waals surface area contributed by atoms with Crippen LogP contribution in [0.5, 0.6) is 11.5 Å². The van der Waals surface area contributed by atoms with Gasteiger partial charge in [0.05, 0.1) is 22.7 Å². The fraction of sp³-hybridized carbons (Fsp3) is 0.0588. The Morgan fingerprint density at radius 3 is 1.12 bits per heavy atom. The van der Waals surface area contributed by atoms with Gasteiger partial charge < -0.3 is 20.9 Å². The summed E-state index contributed by atoms with van der Waals surface area (Å²) in [7, 11) is -9.76. The summed E-state index contributed by atoms with van der Waals surface area (Å²) >= 11 is 0. The molecule has 0 saturated carbocycles. The first-order valence-corrected chi connectivity index (χ1v) is 18.2. The van der Waals surface area contributed by atoms with Gasteiger partial charge in [0, 0.05) is 21.5 Å². The normalized spacial score (nSPS) is 12.9. The van der Waals surface area contributed by atoms with Crippen molar-refractivity contribution in [3.05, 3.63) is 97.1 Å². The number of alkyl halides is 6. The van der Waals surface area contributed by atoms with Crippen molar-refractivity contribution in [3.63, 3.8) is 0 Å². The molecular weight excluding hydrogens is 799 g/mol. The smallest absolute Gasteiger partial charge is 0.403 e. The molecule has 290 valence electrons. The van der Waals surface area contributed by atoms with Crippen LogP contribution in [0.2, 0.25) is 0 Å². The Bertz CT molecular complexity index is 2640. The van der Waals surface area contributed by atoms with E-state index in [2.05, 4.69) is 29.9 Å². The minimum absolute atomic E-state index is 0.128. The molecule has 0 spiro atoms. The van der Waals surface area contributed by atoms with E-state index >= 15 is 0 Å². The van der Waals surface area contributed by atoms with Gasteiger partial charge in [-0.3, -0.25) is 9.11 Å². The maximum absolute atomic E-state index is 13.6. The number of azo groups is 2. The van der Waals surface area contributed by atoms with Crippen LogP contribution in [0.1, 0.15) is 0 Å². The van der Waals surface area contributed by atoms with Crippen molar-refractivity contribution in [2.75, 3.05) is 11.5 Å².